The van der Waals surface area contributed by atoms with E-state index in [4.69, 9.17) is 0 Å². The van der Waals surface area contributed by atoms with Gasteiger partial charge in [-0.3, -0.25) is 0 Å². The monoisotopic (exact) mass is 192 g/mol. The van der Waals surface area contributed by atoms with Crippen molar-refractivity contribution >= 4 is 0 Å². The van der Waals surface area contributed by atoms with E-state index >= 15 is 0 Å². The molecule has 0 aliphatic carbocycles. The van der Waals surface area contributed by atoms with E-state index in [1.807, 2.05) is 0 Å². The average molecular weight is 192 g/mol. The van der Waals surface area contributed by atoms with Crippen LogP contribution in [0.4, 0.5) is 8.78 Å². The third kappa shape index (κ3) is 5.16. The van der Waals surface area contributed by atoms with Crippen LogP contribution >= 0.6 is 0 Å². The van der Waals surface area contributed by atoms with Gasteiger partial charge in [0.25, 0.3) is 0 Å². The van der Waals surface area contributed by atoms with E-state index in [0.29, 0.717) is 6.54 Å². The van der Waals surface area contributed by atoms with E-state index < -0.39 is 5.92 Å². The Balaban J connectivity index is 2.19. The van der Waals surface area contributed by atoms with Crippen LogP contribution in [0.1, 0.15) is 19.8 Å². The molecule has 0 radical (unpaired) electrons. The summed E-state index contributed by atoms with van der Waals surface area (Å²) in [6.07, 6.45) is 1.04. The molecule has 0 atom stereocenters. The summed E-state index contributed by atoms with van der Waals surface area (Å²) in [5.74, 6) is -2.51. The van der Waals surface area contributed by atoms with Crippen LogP contribution in [0.25, 0.3) is 0 Å². The van der Waals surface area contributed by atoms with E-state index in [-0.39, 0.29) is 6.42 Å². The van der Waals surface area contributed by atoms with Crippen LogP contribution in [-0.2, 0) is 0 Å². The number of nitrogens with one attached hydrogen (secondary N) is 1. The summed E-state index contributed by atoms with van der Waals surface area (Å²) in [4.78, 5) is 2.11. The summed E-state index contributed by atoms with van der Waals surface area (Å²) >= 11 is 0. The molecule has 2 nitrogen and oxygen atoms in total. The third-order valence-corrected chi connectivity index (χ3v) is 2.30. The van der Waals surface area contributed by atoms with Crippen LogP contribution in [0.3, 0.4) is 0 Å². The second kappa shape index (κ2) is 4.86. The molecular formula is C9H18F2N2. The fourth-order valence-electron chi connectivity index (χ4n) is 1.48. The predicted octanol–water partition coefficient (Wildman–Crippen LogP) is 1.33. The van der Waals surface area contributed by atoms with Crippen LogP contribution in [0, 0.1) is 0 Å². The van der Waals surface area contributed by atoms with Crippen molar-refractivity contribution in [2.24, 2.45) is 0 Å². The van der Waals surface area contributed by atoms with Crippen molar-refractivity contribution in [2.45, 2.75) is 25.7 Å². The number of nitrogens with zero attached hydrogens (tertiary/aromatic N) is 1. The van der Waals surface area contributed by atoms with Gasteiger partial charge in [0.1, 0.15) is 0 Å². The van der Waals surface area contributed by atoms with Crippen molar-refractivity contribution in [2.75, 3.05) is 32.7 Å². The van der Waals surface area contributed by atoms with E-state index in [2.05, 4.69) is 10.2 Å². The molecule has 0 spiro atoms. The molecule has 0 bridgehead atoms. The van der Waals surface area contributed by atoms with Crippen molar-refractivity contribution in [3.63, 3.8) is 0 Å². The van der Waals surface area contributed by atoms with E-state index in [1.54, 1.807) is 0 Å². The highest BCUT2D eigenvalue weighted by Gasteiger charge is 2.22. The zero-order chi connectivity index (χ0) is 9.73. The number of alkyl halides is 2. The minimum Gasteiger partial charge on any atom is -0.315 e. The second-order valence-corrected chi connectivity index (χ2v) is 3.77. The highest BCUT2D eigenvalue weighted by atomic mass is 19.3. The molecule has 13 heavy (non-hydrogen) atoms. The molecular weight excluding hydrogens is 174 g/mol. The van der Waals surface area contributed by atoms with Gasteiger partial charge in [-0.1, -0.05) is 0 Å². The van der Waals surface area contributed by atoms with Gasteiger partial charge in [0, 0.05) is 26.1 Å². The van der Waals surface area contributed by atoms with Crippen molar-refractivity contribution in [1.29, 1.82) is 0 Å². The van der Waals surface area contributed by atoms with Gasteiger partial charge in [0.2, 0.25) is 5.92 Å². The van der Waals surface area contributed by atoms with Gasteiger partial charge in [-0.15, -0.1) is 0 Å². The number of hydrogen-bond donors (Lipinski definition) is 1. The summed E-state index contributed by atoms with van der Waals surface area (Å²) in [6, 6.07) is 0. The maximum Gasteiger partial charge on any atom is 0.246 e. The summed E-state index contributed by atoms with van der Waals surface area (Å²) in [5.41, 5.74) is 0. The first-order valence-electron chi connectivity index (χ1n) is 4.89. The molecule has 1 saturated heterocycles. The zero-order valence-electron chi connectivity index (χ0n) is 8.15. The lowest BCUT2D eigenvalue weighted by molar-refractivity contribution is 0.00373. The first-order chi connectivity index (χ1) is 6.08. The average Bonchev–Trinajstić information content (AvgIpc) is 2.26. The lowest BCUT2D eigenvalue weighted by Gasteiger charge is -2.21. The summed E-state index contributed by atoms with van der Waals surface area (Å²) in [6.45, 7) is 5.29. The second-order valence-electron chi connectivity index (χ2n) is 3.77. The Labute approximate surface area is 78.3 Å². The SMILES string of the molecule is CC(F)(F)CCN1CCCNCC1. The molecule has 0 aromatic carbocycles. The molecule has 1 heterocycles. The molecule has 0 unspecified atom stereocenters. The Morgan fingerprint density at radius 3 is 2.77 bits per heavy atom. The van der Waals surface area contributed by atoms with Gasteiger partial charge in [-0.2, -0.15) is 0 Å². The fraction of sp³-hybridized carbons (Fsp3) is 1.00. The first kappa shape index (κ1) is 10.9. The summed E-state index contributed by atoms with van der Waals surface area (Å²) in [7, 11) is 0. The normalized spacial score (nSPS) is 21.5. The van der Waals surface area contributed by atoms with Gasteiger partial charge < -0.3 is 10.2 Å². The summed E-state index contributed by atoms with van der Waals surface area (Å²) in [5, 5.41) is 3.25. The topological polar surface area (TPSA) is 15.3 Å². The highest BCUT2D eigenvalue weighted by molar-refractivity contribution is 4.68. The Hall–Kier alpha value is -0.220. The van der Waals surface area contributed by atoms with E-state index in [9.17, 15) is 8.78 Å². The quantitative estimate of drug-likeness (QED) is 0.725. The van der Waals surface area contributed by atoms with Crippen molar-refractivity contribution in [3.8, 4) is 0 Å². The van der Waals surface area contributed by atoms with Crippen LogP contribution in [0.5, 0.6) is 0 Å². The molecule has 0 amide bonds. The van der Waals surface area contributed by atoms with Crippen LogP contribution in [0.15, 0.2) is 0 Å². The molecule has 0 aromatic heterocycles. The van der Waals surface area contributed by atoms with Gasteiger partial charge in [0.15, 0.2) is 0 Å². The standard InChI is InChI=1S/C9H18F2N2/c1-9(10,11)3-7-13-6-2-4-12-5-8-13/h12H,2-8H2,1H3. The fourth-order valence-corrected chi connectivity index (χ4v) is 1.48. The predicted molar refractivity (Wildman–Crippen MR) is 49.2 cm³/mol. The zero-order valence-corrected chi connectivity index (χ0v) is 8.15. The van der Waals surface area contributed by atoms with Crippen molar-refractivity contribution in [3.05, 3.63) is 0 Å². The number of rotatable bonds is 3. The third-order valence-electron chi connectivity index (χ3n) is 2.30. The minimum absolute atomic E-state index is 0.0208. The molecule has 0 saturated carbocycles. The largest absolute Gasteiger partial charge is 0.315 e. The minimum atomic E-state index is -2.51. The number of hydrogen-bond acceptors (Lipinski definition) is 2. The van der Waals surface area contributed by atoms with Gasteiger partial charge in [-0.05, 0) is 26.4 Å². The molecule has 1 aliphatic rings. The van der Waals surface area contributed by atoms with Crippen molar-refractivity contribution < 1.29 is 8.78 Å². The first-order valence-corrected chi connectivity index (χ1v) is 4.89. The molecule has 0 aromatic rings. The summed E-state index contributed by atoms with van der Waals surface area (Å²) < 4.78 is 25.1. The molecule has 78 valence electrons. The molecule has 4 heteroatoms. The Morgan fingerprint density at radius 2 is 2.08 bits per heavy atom. The van der Waals surface area contributed by atoms with Crippen molar-refractivity contribution in [1.82, 2.24) is 10.2 Å². The van der Waals surface area contributed by atoms with Gasteiger partial charge in [0.05, 0.1) is 0 Å². The van der Waals surface area contributed by atoms with Crippen LogP contribution in [0.2, 0.25) is 0 Å². The lowest BCUT2D eigenvalue weighted by Crippen LogP contribution is -2.31. The maximum atomic E-state index is 12.5. The van der Waals surface area contributed by atoms with Gasteiger partial charge >= 0.3 is 0 Å². The highest BCUT2D eigenvalue weighted by Crippen LogP contribution is 2.17. The maximum absolute atomic E-state index is 12.5. The number of halogens is 2. The van der Waals surface area contributed by atoms with Gasteiger partial charge in [-0.25, -0.2) is 8.78 Å². The Morgan fingerprint density at radius 1 is 1.31 bits per heavy atom. The van der Waals surface area contributed by atoms with E-state index in [1.165, 1.54) is 0 Å². The van der Waals surface area contributed by atoms with E-state index in [0.717, 1.165) is 39.5 Å². The Kier molecular flexibility index (Phi) is 4.06. The Bertz CT molecular complexity index is 137. The molecule has 1 fully saturated rings. The molecule has 1 N–H and O–H groups in total. The van der Waals surface area contributed by atoms with Crippen LogP contribution < -0.4 is 5.32 Å². The van der Waals surface area contributed by atoms with Crippen LogP contribution in [-0.4, -0.2) is 43.5 Å². The molecule has 1 rings (SSSR count). The lowest BCUT2D eigenvalue weighted by atomic mass is 10.2. The smallest absolute Gasteiger partial charge is 0.246 e. The molecule has 1 aliphatic heterocycles.